The number of nitrogens with one attached hydrogen (secondary N) is 2. The fourth-order valence-corrected chi connectivity index (χ4v) is 3.79. The van der Waals surface area contributed by atoms with Crippen LogP contribution in [0.25, 0.3) is 10.9 Å². The molecule has 4 rings (SSSR count). The second-order valence-corrected chi connectivity index (χ2v) is 7.92. The Morgan fingerprint density at radius 2 is 1.85 bits per heavy atom. The predicted octanol–water partition coefficient (Wildman–Crippen LogP) is 4.77. The molecule has 0 saturated heterocycles. The maximum Gasteiger partial charge on any atom is 0.271 e. The number of pyridine rings is 1. The Labute approximate surface area is 195 Å². The van der Waals surface area contributed by atoms with Gasteiger partial charge >= 0.3 is 0 Å². The molecule has 0 atom stereocenters. The molecule has 0 radical (unpaired) electrons. The van der Waals surface area contributed by atoms with E-state index in [4.69, 9.17) is 11.6 Å². The average molecular weight is 460 g/mol. The lowest BCUT2D eigenvalue weighted by Crippen LogP contribution is -2.42. The van der Waals surface area contributed by atoms with Crippen LogP contribution in [0.15, 0.2) is 77.0 Å². The van der Waals surface area contributed by atoms with Gasteiger partial charge in [-0.25, -0.2) is 4.39 Å². The van der Waals surface area contributed by atoms with Gasteiger partial charge in [-0.3, -0.25) is 25.4 Å². The highest BCUT2D eigenvalue weighted by molar-refractivity contribution is 6.35. The van der Waals surface area contributed by atoms with Crippen molar-refractivity contribution < 1.29 is 14.0 Å². The van der Waals surface area contributed by atoms with Crippen molar-refractivity contribution in [2.45, 2.75) is 19.8 Å². The van der Waals surface area contributed by atoms with Gasteiger partial charge < -0.3 is 0 Å². The van der Waals surface area contributed by atoms with Gasteiger partial charge in [-0.1, -0.05) is 53.3 Å². The van der Waals surface area contributed by atoms with Crippen molar-refractivity contribution in [3.63, 3.8) is 0 Å². The molecule has 164 valence electrons. The van der Waals surface area contributed by atoms with Crippen LogP contribution in [0.1, 0.15) is 41.3 Å². The van der Waals surface area contributed by atoms with Crippen molar-refractivity contribution in [1.82, 2.24) is 15.8 Å². The Morgan fingerprint density at radius 3 is 2.67 bits per heavy atom. The van der Waals surface area contributed by atoms with Gasteiger partial charge in [0.1, 0.15) is 5.82 Å². The van der Waals surface area contributed by atoms with Crippen molar-refractivity contribution in [3.8, 4) is 11.8 Å². The van der Waals surface area contributed by atoms with E-state index in [1.807, 2.05) is 37.3 Å². The highest BCUT2D eigenvalue weighted by atomic mass is 35.5. The molecule has 33 heavy (non-hydrogen) atoms. The fraction of sp³-hybridized carbons (Fsp3) is 0.115. The van der Waals surface area contributed by atoms with E-state index in [2.05, 4.69) is 27.7 Å². The molecule has 1 aliphatic rings. The van der Waals surface area contributed by atoms with Crippen molar-refractivity contribution in [2.75, 3.05) is 0 Å². The smallest absolute Gasteiger partial charge is 0.267 e. The van der Waals surface area contributed by atoms with Crippen LogP contribution in [-0.4, -0.2) is 16.8 Å². The molecule has 3 aromatic rings. The third-order valence-electron chi connectivity index (χ3n) is 5.19. The molecule has 1 heterocycles. The zero-order valence-electron chi connectivity index (χ0n) is 17.7. The number of halogens is 2. The van der Waals surface area contributed by atoms with E-state index in [1.165, 1.54) is 12.1 Å². The summed E-state index contributed by atoms with van der Waals surface area (Å²) < 4.78 is 14.3. The summed E-state index contributed by atoms with van der Waals surface area (Å²) in [6.07, 6.45) is 4.87. The number of hydrogen-bond acceptors (Lipinski definition) is 3. The maximum absolute atomic E-state index is 14.3. The molecule has 0 aliphatic heterocycles. The lowest BCUT2D eigenvalue weighted by Gasteiger charge is -2.16. The number of nitrogens with zero attached hydrogens (tertiary/aromatic N) is 1. The molecule has 1 aliphatic carbocycles. The van der Waals surface area contributed by atoms with Gasteiger partial charge in [0.25, 0.3) is 11.8 Å². The molecular weight excluding hydrogens is 441 g/mol. The van der Waals surface area contributed by atoms with E-state index >= 15 is 0 Å². The first kappa shape index (κ1) is 22.3. The summed E-state index contributed by atoms with van der Waals surface area (Å²) in [6, 6.07) is 13.3. The first-order chi connectivity index (χ1) is 15.9. The lowest BCUT2D eigenvalue weighted by molar-refractivity contribution is -0.118. The molecule has 5 nitrogen and oxygen atoms in total. The number of aromatic nitrogens is 1. The summed E-state index contributed by atoms with van der Waals surface area (Å²) >= 11 is 6.13. The minimum Gasteiger partial charge on any atom is -0.267 e. The van der Waals surface area contributed by atoms with Crippen LogP contribution >= 0.6 is 11.6 Å². The molecular formula is C26H19ClFN3O2. The van der Waals surface area contributed by atoms with Gasteiger partial charge in [0.2, 0.25) is 0 Å². The Morgan fingerprint density at radius 1 is 1.06 bits per heavy atom. The third-order valence-corrected chi connectivity index (χ3v) is 5.53. The number of fused-ring (bicyclic) bond motifs is 1. The highest BCUT2D eigenvalue weighted by Gasteiger charge is 2.20. The van der Waals surface area contributed by atoms with Crippen LogP contribution < -0.4 is 10.9 Å². The number of amides is 2. The summed E-state index contributed by atoms with van der Waals surface area (Å²) in [5.74, 6) is 3.97. The van der Waals surface area contributed by atoms with Crippen molar-refractivity contribution >= 4 is 34.3 Å². The first-order valence-corrected chi connectivity index (χ1v) is 10.6. The SMILES string of the molecule is CC1=C(C(=O)NNC(=O)c2ccc(F)c(C#Cc3cnc4ccccc4c3)c2)C(Cl)=CCC1. The van der Waals surface area contributed by atoms with E-state index in [0.29, 0.717) is 16.2 Å². The van der Waals surface area contributed by atoms with Gasteiger partial charge in [-0.05, 0) is 50.1 Å². The summed E-state index contributed by atoms with van der Waals surface area (Å²) in [7, 11) is 0. The summed E-state index contributed by atoms with van der Waals surface area (Å²) in [4.78, 5) is 29.3. The van der Waals surface area contributed by atoms with Gasteiger partial charge in [-0.15, -0.1) is 0 Å². The van der Waals surface area contributed by atoms with E-state index < -0.39 is 17.6 Å². The van der Waals surface area contributed by atoms with E-state index in [1.54, 1.807) is 12.3 Å². The number of carbonyl (C=O) groups excluding carboxylic acids is 2. The van der Waals surface area contributed by atoms with E-state index in [0.717, 1.165) is 35.4 Å². The minimum absolute atomic E-state index is 0.0546. The number of benzene rings is 2. The standard InChI is InChI=1S/C26H19ClFN3O2/c1-16-5-4-7-21(27)24(16)26(33)31-30-25(32)20-11-12-22(28)18(14-20)10-9-17-13-19-6-2-3-8-23(19)29-15-17/h2-3,6-8,11-15H,4-5H2,1H3,(H,30,32)(H,31,33). The summed E-state index contributed by atoms with van der Waals surface area (Å²) in [6.45, 7) is 1.82. The summed E-state index contributed by atoms with van der Waals surface area (Å²) in [5, 5.41) is 1.28. The average Bonchev–Trinajstić information content (AvgIpc) is 2.81. The summed E-state index contributed by atoms with van der Waals surface area (Å²) in [5.41, 5.74) is 7.55. The van der Waals surface area contributed by atoms with Gasteiger partial charge in [0, 0.05) is 27.7 Å². The van der Waals surface area contributed by atoms with Crippen LogP contribution in [-0.2, 0) is 4.79 Å². The molecule has 7 heteroatoms. The van der Waals surface area contributed by atoms with Crippen molar-refractivity contribution in [3.05, 3.63) is 99.5 Å². The number of allylic oxidation sites excluding steroid dienone is 2. The largest absolute Gasteiger partial charge is 0.271 e. The van der Waals surface area contributed by atoms with E-state index in [9.17, 15) is 14.0 Å². The molecule has 0 fully saturated rings. The lowest BCUT2D eigenvalue weighted by atomic mass is 9.98. The molecule has 2 amide bonds. The van der Waals surface area contributed by atoms with E-state index in [-0.39, 0.29) is 11.1 Å². The number of carbonyl (C=O) groups is 2. The molecule has 1 aromatic heterocycles. The molecule has 0 spiro atoms. The monoisotopic (exact) mass is 459 g/mol. The minimum atomic E-state index is -0.604. The topological polar surface area (TPSA) is 71.1 Å². The van der Waals surface area contributed by atoms with Crippen LogP contribution in [0.2, 0.25) is 0 Å². The Hall–Kier alpha value is -3.95. The Kier molecular flexibility index (Phi) is 6.53. The zero-order chi connectivity index (χ0) is 23.4. The van der Waals surface area contributed by atoms with Crippen molar-refractivity contribution in [2.24, 2.45) is 0 Å². The fourth-order valence-electron chi connectivity index (χ4n) is 3.44. The number of hydrazine groups is 1. The van der Waals surface area contributed by atoms with Crippen LogP contribution in [0.5, 0.6) is 0 Å². The van der Waals surface area contributed by atoms with Crippen molar-refractivity contribution in [1.29, 1.82) is 0 Å². The maximum atomic E-state index is 14.3. The van der Waals surface area contributed by atoms with Gasteiger partial charge in [0.15, 0.2) is 0 Å². The molecule has 0 bridgehead atoms. The van der Waals surface area contributed by atoms with Crippen LogP contribution in [0, 0.1) is 17.7 Å². The zero-order valence-corrected chi connectivity index (χ0v) is 18.5. The number of hydrogen-bond donors (Lipinski definition) is 2. The quantitative estimate of drug-likeness (QED) is 0.428. The number of rotatable bonds is 2. The Bertz CT molecular complexity index is 1400. The van der Waals surface area contributed by atoms with Gasteiger partial charge in [-0.2, -0.15) is 0 Å². The van der Waals surface area contributed by atoms with Gasteiger partial charge in [0.05, 0.1) is 16.7 Å². The third kappa shape index (κ3) is 5.11. The van der Waals surface area contributed by atoms with Crippen LogP contribution in [0.3, 0.4) is 0 Å². The molecule has 2 aromatic carbocycles. The number of para-hydroxylation sites is 1. The molecule has 0 saturated carbocycles. The normalized spacial score (nSPS) is 13.1. The Balaban J connectivity index is 1.49. The van der Waals surface area contributed by atoms with Crippen LogP contribution in [0.4, 0.5) is 4.39 Å². The molecule has 2 N–H and O–H groups in total. The first-order valence-electron chi connectivity index (χ1n) is 10.2. The predicted molar refractivity (Wildman–Crippen MR) is 126 cm³/mol. The highest BCUT2D eigenvalue weighted by Crippen LogP contribution is 2.27. The second kappa shape index (κ2) is 9.68. The second-order valence-electron chi connectivity index (χ2n) is 7.52. The molecule has 0 unspecified atom stereocenters.